The van der Waals surface area contributed by atoms with E-state index in [2.05, 4.69) is 35.8 Å². The SMILES string of the molecule is N=C/C(=C\N)NC(=O)c1cc2ccc(-c3nccc(Nc4ccc5[nH]ncc5c4)n3)cc2[nH]1. The molecule has 3 heterocycles. The maximum atomic E-state index is 12.4. The van der Waals surface area contributed by atoms with Crippen molar-refractivity contribution in [1.82, 2.24) is 30.5 Å². The monoisotopic (exact) mass is 437 g/mol. The number of benzene rings is 2. The first-order valence-electron chi connectivity index (χ1n) is 10.0. The van der Waals surface area contributed by atoms with Gasteiger partial charge in [-0.25, -0.2) is 9.97 Å². The van der Waals surface area contributed by atoms with Crippen molar-refractivity contribution < 1.29 is 4.79 Å². The van der Waals surface area contributed by atoms with Crippen LogP contribution in [-0.2, 0) is 0 Å². The fraction of sp³-hybridized carbons (Fsp3) is 0. The predicted octanol–water partition coefficient (Wildman–Crippen LogP) is 3.42. The van der Waals surface area contributed by atoms with Crippen LogP contribution in [0.25, 0.3) is 33.2 Å². The van der Waals surface area contributed by atoms with Gasteiger partial charge in [-0.3, -0.25) is 9.89 Å². The van der Waals surface area contributed by atoms with Crippen molar-refractivity contribution in [3.05, 3.63) is 78.5 Å². The number of carbonyl (C=O) groups is 1. The number of aromatic amines is 2. The molecule has 0 atom stereocenters. The number of nitrogens with two attached hydrogens (primary N) is 1. The molecule has 7 N–H and O–H groups in total. The second kappa shape index (κ2) is 8.27. The molecule has 0 bridgehead atoms. The molecular weight excluding hydrogens is 418 g/mol. The molecule has 5 rings (SSSR count). The van der Waals surface area contributed by atoms with E-state index in [0.29, 0.717) is 17.3 Å². The van der Waals surface area contributed by atoms with Gasteiger partial charge in [-0.15, -0.1) is 0 Å². The topological polar surface area (TPSA) is 161 Å². The quantitative estimate of drug-likeness (QED) is 0.223. The largest absolute Gasteiger partial charge is 0.403 e. The van der Waals surface area contributed by atoms with Gasteiger partial charge >= 0.3 is 0 Å². The summed E-state index contributed by atoms with van der Waals surface area (Å²) in [6.07, 6.45) is 5.60. The Balaban J connectivity index is 1.40. The molecule has 3 aromatic heterocycles. The van der Waals surface area contributed by atoms with Crippen LogP contribution in [0.5, 0.6) is 0 Å². The maximum absolute atomic E-state index is 12.4. The number of carbonyl (C=O) groups excluding carboxylic acids is 1. The first-order chi connectivity index (χ1) is 16.1. The van der Waals surface area contributed by atoms with Crippen molar-refractivity contribution in [3.8, 4) is 11.4 Å². The van der Waals surface area contributed by atoms with Gasteiger partial charge in [0.15, 0.2) is 5.82 Å². The molecule has 2 aromatic carbocycles. The van der Waals surface area contributed by atoms with Gasteiger partial charge in [0.25, 0.3) is 5.91 Å². The van der Waals surface area contributed by atoms with Crippen LogP contribution in [0.1, 0.15) is 10.5 Å². The highest BCUT2D eigenvalue weighted by molar-refractivity contribution is 6.01. The highest BCUT2D eigenvalue weighted by atomic mass is 16.1. The third-order valence-corrected chi connectivity index (χ3v) is 5.09. The number of rotatable bonds is 6. The molecule has 0 saturated carbocycles. The summed E-state index contributed by atoms with van der Waals surface area (Å²) in [5.41, 5.74) is 9.37. The average molecular weight is 437 g/mol. The number of nitrogens with zero attached hydrogens (tertiary/aromatic N) is 3. The van der Waals surface area contributed by atoms with Gasteiger partial charge in [-0.2, -0.15) is 5.10 Å². The zero-order chi connectivity index (χ0) is 22.8. The first-order valence-corrected chi connectivity index (χ1v) is 10.0. The lowest BCUT2D eigenvalue weighted by Crippen LogP contribution is -2.24. The van der Waals surface area contributed by atoms with E-state index in [9.17, 15) is 4.79 Å². The van der Waals surface area contributed by atoms with Crippen molar-refractivity contribution in [2.75, 3.05) is 5.32 Å². The Hall–Kier alpha value is -4.99. The number of hydrogen-bond donors (Lipinski definition) is 6. The Kier molecular flexibility index (Phi) is 5.00. The van der Waals surface area contributed by atoms with Crippen molar-refractivity contribution in [2.45, 2.75) is 0 Å². The minimum Gasteiger partial charge on any atom is -0.403 e. The summed E-state index contributed by atoms with van der Waals surface area (Å²) in [6.45, 7) is 0. The summed E-state index contributed by atoms with van der Waals surface area (Å²) in [6, 6.07) is 15.1. The standard InChI is InChI=1S/C23H19N9O/c24-10-17(11-25)29-23(33)20-8-13-1-2-14(9-19(13)30-20)22-26-6-5-21(31-22)28-16-3-4-18-15(7-16)12-27-32-18/h1-12,24,30H,25H2,(H,27,32)(H,29,33)(H,26,28,31)/b17-11+,24-10?. The molecule has 1 amide bonds. The van der Waals surface area contributed by atoms with E-state index in [1.165, 1.54) is 0 Å². The Morgan fingerprint density at radius 3 is 2.82 bits per heavy atom. The second-order valence-electron chi connectivity index (χ2n) is 7.27. The zero-order valence-electron chi connectivity index (χ0n) is 17.3. The van der Waals surface area contributed by atoms with Crippen LogP contribution in [0.3, 0.4) is 0 Å². The average Bonchev–Trinajstić information content (AvgIpc) is 3.48. The molecule has 10 heteroatoms. The van der Waals surface area contributed by atoms with Crippen LogP contribution in [0.4, 0.5) is 11.5 Å². The van der Waals surface area contributed by atoms with Crippen LogP contribution in [0.15, 0.2) is 72.8 Å². The Morgan fingerprint density at radius 2 is 1.97 bits per heavy atom. The fourth-order valence-electron chi connectivity index (χ4n) is 3.45. The molecule has 0 unspecified atom stereocenters. The van der Waals surface area contributed by atoms with Crippen molar-refractivity contribution in [3.63, 3.8) is 0 Å². The number of anilines is 2. The maximum Gasteiger partial charge on any atom is 0.272 e. The number of allylic oxidation sites excluding steroid dienone is 1. The van der Waals surface area contributed by atoms with Crippen LogP contribution in [-0.4, -0.2) is 37.3 Å². The Labute approximate surface area is 187 Å². The van der Waals surface area contributed by atoms with E-state index in [1.54, 1.807) is 24.5 Å². The van der Waals surface area contributed by atoms with E-state index in [0.717, 1.165) is 45.5 Å². The summed E-state index contributed by atoms with van der Waals surface area (Å²) in [4.78, 5) is 24.5. The van der Waals surface area contributed by atoms with E-state index in [1.807, 2.05) is 36.4 Å². The molecule has 0 aliphatic carbocycles. The Morgan fingerprint density at radius 1 is 1.06 bits per heavy atom. The fourth-order valence-corrected chi connectivity index (χ4v) is 3.45. The second-order valence-corrected chi connectivity index (χ2v) is 7.27. The van der Waals surface area contributed by atoms with E-state index in [4.69, 9.17) is 11.1 Å². The minimum absolute atomic E-state index is 0.212. The lowest BCUT2D eigenvalue weighted by Gasteiger charge is -2.07. The van der Waals surface area contributed by atoms with Gasteiger partial charge in [0.05, 0.1) is 17.4 Å². The highest BCUT2D eigenvalue weighted by Crippen LogP contribution is 2.25. The van der Waals surface area contributed by atoms with Crippen LogP contribution in [0, 0.1) is 5.41 Å². The minimum atomic E-state index is -0.384. The molecule has 162 valence electrons. The summed E-state index contributed by atoms with van der Waals surface area (Å²) in [7, 11) is 0. The summed E-state index contributed by atoms with van der Waals surface area (Å²) in [5, 5.41) is 21.9. The summed E-state index contributed by atoms with van der Waals surface area (Å²) >= 11 is 0. The number of fused-ring (bicyclic) bond motifs is 2. The molecular formula is C23H19N9O. The molecule has 5 aromatic rings. The van der Waals surface area contributed by atoms with Crippen molar-refractivity contribution in [2.24, 2.45) is 5.73 Å². The number of H-pyrrole nitrogens is 2. The van der Waals surface area contributed by atoms with E-state index in [-0.39, 0.29) is 11.6 Å². The smallest absolute Gasteiger partial charge is 0.272 e. The summed E-state index contributed by atoms with van der Waals surface area (Å²) in [5.74, 6) is 0.816. The van der Waals surface area contributed by atoms with Crippen molar-refractivity contribution >= 4 is 45.4 Å². The molecule has 0 saturated heterocycles. The molecule has 33 heavy (non-hydrogen) atoms. The molecule has 0 spiro atoms. The normalized spacial score (nSPS) is 11.6. The molecule has 0 aliphatic heterocycles. The molecule has 0 radical (unpaired) electrons. The van der Waals surface area contributed by atoms with Gasteiger partial charge in [0.1, 0.15) is 11.5 Å². The summed E-state index contributed by atoms with van der Waals surface area (Å²) < 4.78 is 0. The van der Waals surface area contributed by atoms with Gasteiger partial charge in [-0.05, 0) is 36.4 Å². The van der Waals surface area contributed by atoms with Gasteiger partial charge in [0.2, 0.25) is 0 Å². The van der Waals surface area contributed by atoms with Gasteiger partial charge in [0, 0.05) is 46.2 Å². The molecule has 10 nitrogen and oxygen atoms in total. The molecule has 0 fully saturated rings. The van der Waals surface area contributed by atoms with Crippen molar-refractivity contribution in [1.29, 1.82) is 5.41 Å². The first kappa shape index (κ1) is 19.9. The number of amides is 1. The third kappa shape index (κ3) is 4.00. The van der Waals surface area contributed by atoms with Gasteiger partial charge < -0.3 is 26.8 Å². The third-order valence-electron chi connectivity index (χ3n) is 5.09. The number of hydrogen-bond acceptors (Lipinski definition) is 7. The van der Waals surface area contributed by atoms with Crippen LogP contribution < -0.4 is 16.4 Å². The van der Waals surface area contributed by atoms with Crippen LogP contribution >= 0.6 is 0 Å². The Bertz CT molecular complexity index is 1530. The zero-order valence-corrected chi connectivity index (χ0v) is 17.3. The highest BCUT2D eigenvalue weighted by Gasteiger charge is 2.12. The lowest BCUT2D eigenvalue weighted by atomic mass is 10.1. The van der Waals surface area contributed by atoms with E-state index < -0.39 is 0 Å². The lowest BCUT2D eigenvalue weighted by molar-refractivity contribution is 0.0964. The predicted molar refractivity (Wildman–Crippen MR) is 127 cm³/mol. The number of nitrogens with one attached hydrogen (secondary N) is 5. The molecule has 0 aliphatic rings. The van der Waals surface area contributed by atoms with E-state index >= 15 is 0 Å². The van der Waals surface area contributed by atoms with Gasteiger partial charge in [-0.1, -0.05) is 12.1 Å². The number of aromatic nitrogens is 5. The van der Waals surface area contributed by atoms with Crippen LogP contribution in [0.2, 0.25) is 0 Å².